The van der Waals surface area contributed by atoms with Crippen LogP contribution in [0.2, 0.25) is 5.02 Å². The molecule has 110 valence electrons. The fourth-order valence-electron chi connectivity index (χ4n) is 1.56. The highest BCUT2D eigenvalue weighted by Crippen LogP contribution is 2.23. The van der Waals surface area contributed by atoms with E-state index in [-0.39, 0.29) is 11.6 Å². The van der Waals surface area contributed by atoms with Gasteiger partial charge in [0.1, 0.15) is 9.64 Å². The first-order valence-corrected chi connectivity index (χ1v) is 7.48. The molecule has 2 heterocycles. The molecule has 21 heavy (non-hydrogen) atoms. The molecule has 2 aromatic rings. The molecule has 5 nitrogen and oxygen atoms in total. The average molecular weight is 391 g/mol. The summed E-state index contributed by atoms with van der Waals surface area (Å²) in [6.45, 7) is 1.95. The van der Waals surface area contributed by atoms with E-state index in [9.17, 15) is 4.79 Å². The highest BCUT2D eigenvalue weighted by Gasteiger charge is 2.14. The summed E-state index contributed by atoms with van der Waals surface area (Å²) in [5, 5.41) is 4.60. The quantitative estimate of drug-likeness (QED) is 0.588. The molecule has 0 amide bonds. The number of aromatic nitrogens is 3. The molecule has 0 aliphatic rings. The molecule has 2 aromatic heterocycles. The number of pyridine rings is 1. The highest BCUT2D eigenvalue weighted by molar-refractivity contribution is 9.10. The lowest BCUT2D eigenvalue weighted by Crippen LogP contribution is -2.06. The Morgan fingerprint density at radius 2 is 2.33 bits per heavy atom. The lowest BCUT2D eigenvalue weighted by molar-refractivity contribution is -0.137. The summed E-state index contributed by atoms with van der Waals surface area (Å²) in [5.74, 6) is -0.167. The van der Waals surface area contributed by atoms with Gasteiger partial charge in [0.2, 0.25) is 0 Å². The number of carbonyl (C=O) groups excluding carboxylic acids is 1. The largest absolute Gasteiger partial charge is 0.462 e. The number of ether oxygens (including phenoxy) is 1. The zero-order valence-electron chi connectivity index (χ0n) is 10.9. The Morgan fingerprint density at radius 3 is 3.00 bits per heavy atom. The van der Waals surface area contributed by atoms with E-state index in [1.54, 1.807) is 31.3 Å². The van der Waals surface area contributed by atoms with Crippen LogP contribution in [0.5, 0.6) is 0 Å². The third kappa shape index (κ3) is 3.84. The fourth-order valence-corrected chi connectivity index (χ4v) is 2.32. The maximum absolute atomic E-state index is 11.6. The first-order valence-electron chi connectivity index (χ1n) is 5.93. The lowest BCUT2D eigenvalue weighted by atomic mass is 10.3. The normalized spacial score (nSPS) is 11.5. The van der Waals surface area contributed by atoms with Crippen molar-refractivity contribution >= 4 is 51.2 Å². The van der Waals surface area contributed by atoms with Crippen molar-refractivity contribution in [1.29, 1.82) is 0 Å². The number of carbonyl (C=O) groups is 1. The molecule has 2 rings (SSSR count). The zero-order valence-corrected chi connectivity index (χ0v) is 14.0. The van der Waals surface area contributed by atoms with Gasteiger partial charge in [-0.25, -0.2) is 14.5 Å². The van der Waals surface area contributed by atoms with Crippen molar-refractivity contribution in [3.8, 4) is 5.82 Å². The van der Waals surface area contributed by atoms with Crippen LogP contribution in [-0.2, 0) is 9.53 Å². The van der Waals surface area contributed by atoms with E-state index >= 15 is 0 Å². The monoisotopic (exact) mass is 389 g/mol. The minimum absolute atomic E-state index is 0.0578. The zero-order chi connectivity index (χ0) is 15.4. The van der Waals surface area contributed by atoms with Gasteiger partial charge in [-0.1, -0.05) is 23.2 Å². The van der Waals surface area contributed by atoms with Gasteiger partial charge in [-0.15, -0.1) is 0 Å². The smallest absolute Gasteiger partial charge is 0.349 e. The summed E-state index contributed by atoms with van der Waals surface area (Å²) in [6.07, 6.45) is 3.04. The molecule has 0 saturated carbocycles. The Labute approximate surface area is 139 Å². The molecule has 0 unspecified atom stereocenters. The number of halogens is 3. The van der Waals surface area contributed by atoms with E-state index in [0.29, 0.717) is 21.1 Å². The number of rotatable bonds is 4. The molecule has 0 atom stereocenters. The van der Waals surface area contributed by atoms with Crippen LogP contribution in [0, 0.1) is 0 Å². The second-order valence-electron chi connectivity index (χ2n) is 3.83. The van der Waals surface area contributed by atoms with Crippen molar-refractivity contribution in [2.45, 2.75) is 6.92 Å². The van der Waals surface area contributed by atoms with Crippen LogP contribution in [0.3, 0.4) is 0 Å². The van der Waals surface area contributed by atoms with Crippen LogP contribution >= 0.6 is 39.1 Å². The number of hydrogen-bond donors (Lipinski definition) is 0. The van der Waals surface area contributed by atoms with E-state index < -0.39 is 5.97 Å². The van der Waals surface area contributed by atoms with Crippen molar-refractivity contribution in [1.82, 2.24) is 14.8 Å². The molecule has 0 N–H and O–H groups in total. The van der Waals surface area contributed by atoms with Crippen LogP contribution in [0.1, 0.15) is 12.6 Å². The van der Waals surface area contributed by atoms with E-state index in [4.69, 9.17) is 27.9 Å². The highest BCUT2D eigenvalue weighted by atomic mass is 79.9. The SMILES string of the molecule is CCOC(=O)/C(Cl)=C/c1cc(Br)nn1-c1ncccc1Cl. The first-order chi connectivity index (χ1) is 10.0. The Bertz CT molecular complexity index is 700. The molecule has 0 saturated heterocycles. The molecule has 0 aromatic carbocycles. The Morgan fingerprint density at radius 1 is 1.57 bits per heavy atom. The second-order valence-corrected chi connectivity index (χ2v) is 5.45. The molecule has 0 fully saturated rings. The maximum atomic E-state index is 11.6. The predicted octanol–water partition coefficient (Wildman–Crippen LogP) is 3.83. The van der Waals surface area contributed by atoms with E-state index in [0.717, 1.165) is 0 Å². The molecular formula is C13H10BrCl2N3O2. The van der Waals surface area contributed by atoms with Crippen LogP contribution < -0.4 is 0 Å². The Hall–Kier alpha value is -1.37. The second kappa shape index (κ2) is 7.06. The van der Waals surface area contributed by atoms with Gasteiger partial charge < -0.3 is 4.74 Å². The van der Waals surface area contributed by atoms with Crippen molar-refractivity contribution in [3.05, 3.63) is 44.7 Å². The third-order valence-corrected chi connectivity index (χ3v) is 3.34. The van der Waals surface area contributed by atoms with E-state index in [2.05, 4.69) is 26.0 Å². The van der Waals surface area contributed by atoms with Crippen molar-refractivity contribution in [2.24, 2.45) is 0 Å². The Kier molecular flexibility index (Phi) is 5.39. The van der Waals surface area contributed by atoms with Crippen LogP contribution in [-0.4, -0.2) is 27.3 Å². The number of nitrogens with zero attached hydrogens (tertiary/aromatic N) is 3. The maximum Gasteiger partial charge on any atom is 0.349 e. The molecule has 0 spiro atoms. The summed E-state index contributed by atoms with van der Waals surface area (Å²) in [7, 11) is 0. The average Bonchev–Trinajstić information content (AvgIpc) is 2.80. The summed E-state index contributed by atoms with van der Waals surface area (Å²) in [5.41, 5.74) is 0.542. The van der Waals surface area contributed by atoms with Crippen LogP contribution in [0.4, 0.5) is 0 Å². The summed E-state index contributed by atoms with van der Waals surface area (Å²) >= 11 is 15.3. The standard InChI is InChI=1S/C13H10BrCl2N3O2/c1-2-21-13(20)10(16)6-8-7-11(14)18-19(8)12-9(15)4-3-5-17-12/h3-7H,2H2,1H3/b10-6-. The van der Waals surface area contributed by atoms with Gasteiger partial charge in [0.25, 0.3) is 0 Å². The molecule has 8 heteroatoms. The predicted molar refractivity (Wildman–Crippen MR) is 84.5 cm³/mol. The Balaban J connectivity index is 2.45. The van der Waals surface area contributed by atoms with Gasteiger partial charge in [0, 0.05) is 6.20 Å². The molecular weight excluding hydrogens is 381 g/mol. The van der Waals surface area contributed by atoms with Gasteiger partial charge in [-0.3, -0.25) is 0 Å². The topological polar surface area (TPSA) is 57.0 Å². The van der Waals surface area contributed by atoms with Gasteiger partial charge in [-0.05, 0) is 47.1 Å². The van der Waals surface area contributed by atoms with Crippen molar-refractivity contribution < 1.29 is 9.53 Å². The molecule has 0 aliphatic carbocycles. The minimum atomic E-state index is -0.602. The molecule has 0 aliphatic heterocycles. The van der Waals surface area contributed by atoms with Crippen LogP contribution in [0.25, 0.3) is 11.9 Å². The van der Waals surface area contributed by atoms with E-state index in [1.165, 1.54) is 10.8 Å². The number of esters is 1. The van der Waals surface area contributed by atoms with Gasteiger partial charge in [0.05, 0.1) is 17.3 Å². The van der Waals surface area contributed by atoms with E-state index in [1.807, 2.05) is 0 Å². The van der Waals surface area contributed by atoms with Gasteiger partial charge in [0.15, 0.2) is 5.82 Å². The fraction of sp³-hybridized carbons (Fsp3) is 0.154. The minimum Gasteiger partial charge on any atom is -0.462 e. The first kappa shape index (κ1) is 16.0. The van der Waals surface area contributed by atoms with Gasteiger partial charge in [-0.2, -0.15) is 5.10 Å². The lowest BCUT2D eigenvalue weighted by Gasteiger charge is -2.05. The van der Waals surface area contributed by atoms with Crippen molar-refractivity contribution in [2.75, 3.05) is 6.61 Å². The summed E-state index contributed by atoms with van der Waals surface area (Å²) in [6, 6.07) is 5.10. The summed E-state index contributed by atoms with van der Waals surface area (Å²) < 4.78 is 6.87. The van der Waals surface area contributed by atoms with Crippen molar-refractivity contribution in [3.63, 3.8) is 0 Å². The van der Waals surface area contributed by atoms with Gasteiger partial charge >= 0.3 is 5.97 Å². The molecule has 0 radical (unpaired) electrons. The number of hydrogen-bond acceptors (Lipinski definition) is 4. The third-order valence-electron chi connectivity index (χ3n) is 2.39. The van der Waals surface area contributed by atoms with Crippen LogP contribution in [0.15, 0.2) is 34.0 Å². The summed E-state index contributed by atoms with van der Waals surface area (Å²) in [4.78, 5) is 15.7. The molecule has 0 bridgehead atoms.